The highest BCUT2D eigenvalue weighted by Gasteiger charge is 2.25. The van der Waals surface area contributed by atoms with Gasteiger partial charge in [-0.15, -0.1) is 0 Å². The molecule has 0 spiro atoms. The van der Waals surface area contributed by atoms with Crippen molar-refractivity contribution in [3.63, 3.8) is 0 Å². The average molecular weight is 329 g/mol. The average Bonchev–Trinajstić information content (AvgIpc) is 2.44. The Balaban J connectivity index is 1.94. The van der Waals surface area contributed by atoms with E-state index >= 15 is 0 Å². The molecule has 1 aromatic rings. The zero-order chi connectivity index (χ0) is 15.4. The van der Waals surface area contributed by atoms with Crippen LogP contribution in [-0.4, -0.2) is 17.9 Å². The van der Waals surface area contributed by atoms with Crippen molar-refractivity contribution in [3.8, 4) is 0 Å². The highest BCUT2D eigenvalue weighted by atomic mass is 35.5. The van der Waals surface area contributed by atoms with Crippen LogP contribution in [0.15, 0.2) is 18.2 Å². The van der Waals surface area contributed by atoms with Crippen LogP contribution in [0.4, 0.5) is 5.69 Å². The summed E-state index contributed by atoms with van der Waals surface area (Å²) in [6.07, 6.45) is 4.26. The topological polar surface area (TPSA) is 58.2 Å². The van der Waals surface area contributed by atoms with Gasteiger partial charge in [0.25, 0.3) is 0 Å². The van der Waals surface area contributed by atoms with Crippen LogP contribution in [0.2, 0.25) is 10.0 Å². The van der Waals surface area contributed by atoms with Crippen molar-refractivity contribution < 1.29 is 9.59 Å². The molecular formula is C15H18Cl2N2O2. The van der Waals surface area contributed by atoms with Crippen molar-refractivity contribution in [2.45, 2.75) is 38.6 Å². The van der Waals surface area contributed by atoms with E-state index in [9.17, 15) is 9.59 Å². The molecule has 0 radical (unpaired) electrons. The van der Waals surface area contributed by atoms with Gasteiger partial charge in [0.2, 0.25) is 0 Å². The Morgan fingerprint density at radius 3 is 2.52 bits per heavy atom. The monoisotopic (exact) mass is 328 g/mol. The summed E-state index contributed by atoms with van der Waals surface area (Å²) in [6, 6.07) is 4.75. The predicted octanol–water partition coefficient (Wildman–Crippen LogP) is 3.63. The second-order valence-electron chi connectivity index (χ2n) is 5.42. The smallest absolute Gasteiger partial charge is 0.313 e. The lowest BCUT2D eigenvalue weighted by molar-refractivity contribution is -0.137. The molecule has 0 bridgehead atoms. The van der Waals surface area contributed by atoms with Crippen molar-refractivity contribution >= 4 is 40.7 Å². The van der Waals surface area contributed by atoms with Crippen molar-refractivity contribution in [1.82, 2.24) is 5.32 Å². The first kappa shape index (κ1) is 16.1. The molecule has 21 heavy (non-hydrogen) atoms. The lowest BCUT2D eigenvalue weighted by Crippen LogP contribution is -2.45. The molecular weight excluding hydrogens is 311 g/mol. The lowest BCUT2D eigenvalue weighted by atomic mass is 9.86. The maximum atomic E-state index is 11.9. The number of rotatable bonds is 2. The minimum absolute atomic E-state index is 0.0673. The Labute approximate surface area is 134 Å². The zero-order valence-electron chi connectivity index (χ0n) is 11.8. The van der Waals surface area contributed by atoms with E-state index in [1.165, 1.54) is 12.5 Å². The van der Waals surface area contributed by atoms with Crippen LogP contribution in [-0.2, 0) is 9.59 Å². The number of hydrogen-bond donors (Lipinski definition) is 2. The van der Waals surface area contributed by atoms with Crippen LogP contribution in [0.3, 0.4) is 0 Å². The quantitative estimate of drug-likeness (QED) is 0.814. The van der Waals surface area contributed by atoms with E-state index in [-0.39, 0.29) is 6.04 Å². The fraction of sp³-hybridized carbons (Fsp3) is 0.467. The van der Waals surface area contributed by atoms with Gasteiger partial charge in [0.1, 0.15) is 0 Å². The van der Waals surface area contributed by atoms with E-state index in [0.717, 1.165) is 19.3 Å². The molecule has 2 N–H and O–H groups in total. The van der Waals surface area contributed by atoms with E-state index in [1.54, 1.807) is 12.1 Å². The minimum Gasteiger partial charge on any atom is -0.345 e. The van der Waals surface area contributed by atoms with Crippen molar-refractivity contribution in [2.75, 3.05) is 5.32 Å². The van der Waals surface area contributed by atoms with Gasteiger partial charge < -0.3 is 10.6 Å². The molecule has 2 amide bonds. The summed E-state index contributed by atoms with van der Waals surface area (Å²) in [4.78, 5) is 23.9. The predicted molar refractivity (Wildman–Crippen MR) is 84.7 cm³/mol. The fourth-order valence-corrected chi connectivity index (χ4v) is 2.99. The minimum atomic E-state index is -0.711. The highest BCUT2D eigenvalue weighted by molar-refractivity contribution is 6.42. The van der Waals surface area contributed by atoms with Gasteiger partial charge in [-0.3, -0.25) is 9.59 Å². The van der Waals surface area contributed by atoms with E-state index in [2.05, 4.69) is 17.6 Å². The molecule has 1 aromatic carbocycles. The molecule has 0 saturated heterocycles. The Bertz CT molecular complexity index is 548. The molecule has 2 unspecified atom stereocenters. The maximum Gasteiger partial charge on any atom is 0.313 e. The Kier molecular flexibility index (Phi) is 5.48. The molecule has 6 heteroatoms. The van der Waals surface area contributed by atoms with Crippen LogP contribution in [0.1, 0.15) is 32.6 Å². The second kappa shape index (κ2) is 7.14. The van der Waals surface area contributed by atoms with Crippen LogP contribution in [0, 0.1) is 5.92 Å². The summed E-state index contributed by atoms with van der Waals surface area (Å²) in [5.41, 5.74) is 0.373. The van der Waals surface area contributed by atoms with Crippen molar-refractivity contribution in [2.24, 2.45) is 5.92 Å². The number of nitrogens with one attached hydrogen (secondary N) is 2. The number of hydrogen-bond acceptors (Lipinski definition) is 2. The number of carbonyl (C=O) groups is 2. The first-order chi connectivity index (χ1) is 9.97. The van der Waals surface area contributed by atoms with Gasteiger partial charge in [0.05, 0.1) is 10.7 Å². The molecule has 114 valence electrons. The highest BCUT2D eigenvalue weighted by Crippen LogP contribution is 2.26. The first-order valence-corrected chi connectivity index (χ1v) is 7.80. The Morgan fingerprint density at radius 1 is 1.14 bits per heavy atom. The second-order valence-corrected chi connectivity index (χ2v) is 6.26. The van der Waals surface area contributed by atoms with Gasteiger partial charge in [-0.1, -0.05) is 43.0 Å². The van der Waals surface area contributed by atoms with E-state index < -0.39 is 11.8 Å². The third-order valence-electron chi connectivity index (χ3n) is 3.81. The third-order valence-corrected chi connectivity index (χ3v) is 4.36. The number of amides is 2. The van der Waals surface area contributed by atoms with E-state index in [0.29, 0.717) is 21.7 Å². The van der Waals surface area contributed by atoms with Gasteiger partial charge in [-0.05, 0) is 37.0 Å². The molecule has 1 aliphatic carbocycles. The SMILES string of the molecule is CC1CCCCC1NC(=O)C(=O)Nc1ccc(Cl)cc1Cl. The molecule has 2 rings (SSSR count). The fourth-order valence-electron chi connectivity index (χ4n) is 2.53. The molecule has 1 saturated carbocycles. The summed E-state index contributed by atoms with van der Waals surface area (Å²) < 4.78 is 0. The number of benzene rings is 1. The van der Waals surface area contributed by atoms with Gasteiger partial charge in [0, 0.05) is 11.1 Å². The van der Waals surface area contributed by atoms with Gasteiger partial charge in [0.15, 0.2) is 0 Å². The number of carbonyl (C=O) groups excluding carboxylic acids is 2. The van der Waals surface area contributed by atoms with Crippen molar-refractivity contribution in [3.05, 3.63) is 28.2 Å². The zero-order valence-corrected chi connectivity index (χ0v) is 13.3. The van der Waals surface area contributed by atoms with Gasteiger partial charge in [-0.25, -0.2) is 0 Å². The molecule has 0 aromatic heterocycles. The number of halogens is 2. The maximum absolute atomic E-state index is 11.9. The third kappa shape index (κ3) is 4.35. The molecule has 1 fully saturated rings. The van der Waals surface area contributed by atoms with Crippen LogP contribution in [0.5, 0.6) is 0 Å². The Morgan fingerprint density at radius 2 is 1.86 bits per heavy atom. The number of anilines is 1. The summed E-state index contributed by atoms with van der Waals surface area (Å²) in [7, 11) is 0. The Hall–Kier alpha value is -1.26. The van der Waals surface area contributed by atoms with Crippen LogP contribution < -0.4 is 10.6 Å². The first-order valence-electron chi connectivity index (χ1n) is 7.04. The molecule has 1 aliphatic rings. The van der Waals surface area contributed by atoms with Crippen LogP contribution in [0.25, 0.3) is 0 Å². The normalized spacial score (nSPS) is 21.7. The van der Waals surface area contributed by atoms with E-state index in [1.807, 2.05) is 0 Å². The van der Waals surface area contributed by atoms with Crippen LogP contribution >= 0.6 is 23.2 Å². The molecule has 2 atom stereocenters. The summed E-state index contributed by atoms with van der Waals surface area (Å²) in [6.45, 7) is 2.10. The molecule has 0 aliphatic heterocycles. The van der Waals surface area contributed by atoms with E-state index in [4.69, 9.17) is 23.2 Å². The van der Waals surface area contributed by atoms with Gasteiger partial charge in [-0.2, -0.15) is 0 Å². The summed E-state index contributed by atoms with van der Waals surface area (Å²) in [5.74, 6) is -0.939. The summed E-state index contributed by atoms with van der Waals surface area (Å²) >= 11 is 11.7. The van der Waals surface area contributed by atoms with Gasteiger partial charge >= 0.3 is 11.8 Å². The molecule has 0 heterocycles. The van der Waals surface area contributed by atoms with Crippen molar-refractivity contribution in [1.29, 1.82) is 0 Å². The largest absolute Gasteiger partial charge is 0.345 e. The standard InChI is InChI=1S/C15H18Cl2N2O2/c1-9-4-2-3-5-12(9)18-14(20)15(21)19-13-7-6-10(16)8-11(13)17/h6-9,12H,2-5H2,1H3,(H,18,20)(H,19,21). The molecule has 4 nitrogen and oxygen atoms in total. The lowest BCUT2D eigenvalue weighted by Gasteiger charge is -2.29. The summed E-state index contributed by atoms with van der Waals surface area (Å²) in [5, 5.41) is 6.07.